The SMILES string of the molecule is Cc1cc(C(F)F)nn1CC(=O)N1CC[C@@H](c2nc(-c3cccnc3)cc(=O)[nH]2)C1. The van der Waals surface area contributed by atoms with E-state index < -0.39 is 6.43 Å². The third kappa shape index (κ3) is 4.12. The number of nitrogens with one attached hydrogen (secondary N) is 1. The number of aryl methyl sites for hydroxylation is 1. The molecular formula is C20H20F2N6O2. The third-order valence-electron chi connectivity index (χ3n) is 5.15. The molecule has 0 bridgehead atoms. The first-order valence-corrected chi connectivity index (χ1v) is 9.52. The molecule has 1 fully saturated rings. The topological polar surface area (TPSA) is 96.8 Å². The second-order valence-electron chi connectivity index (χ2n) is 7.25. The van der Waals surface area contributed by atoms with Crippen LogP contribution in [0.4, 0.5) is 8.78 Å². The predicted molar refractivity (Wildman–Crippen MR) is 104 cm³/mol. The van der Waals surface area contributed by atoms with Crippen molar-refractivity contribution in [1.82, 2.24) is 29.6 Å². The van der Waals surface area contributed by atoms with Crippen LogP contribution in [0.2, 0.25) is 0 Å². The maximum absolute atomic E-state index is 12.8. The summed E-state index contributed by atoms with van der Waals surface area (Å²) in [5, 5.41) is 3.81. The molecule has 3 aromatic rings. The van der Waals surface area contributed by atoms with Gasteiger partial charge < -0.3 is 9.88 Å². The summed E-state index contributed by atoms with van der Waals surface area (Å²) in [6.45, 7) is 2.41. The third-order valence-corrected chi connectivity index (χ3v) is 5.15. The van der Waals surface area contributed by atoms with Gasteiger partial charge in [-0.1, -0.05) is 0 Å². The Bertz CT molecular complexity index is 1110. The zero-order valence-electron chi connectivity index (χ0n) is 16.3. The number of rotatable bonds is 5. The van der Waals surface area contributed by atoms with Crippen molar-refractivity contribution in [3.8, 4) is 11.3 Å². The lowest BCUT2D eigenvalue weighted by atomic mass is 10.1. The maximum atomic E-state index is 12.8. The Morgan fingerprint density at radius 1 is 1.37 bits per heavy atom. The van der Waals surface area contributed by atoms with Crippen LogP contribution in [0, 0.1) is 6.92 Å². The summed E-state index contributed by atoms with van der Waals surface area (Å²) in [6.07, 6.45) is 1.25. The van der Waals surface area contributed by atoms with Gasteiger partial charge in [-0.3, -0.25) is 19.3 Å². The molecule has 1 amide bonds. The Morgan fingerprint density at radius 2 is 2.20 bits per heavy atom. The first kappa shape index (κ1) is 19.9. The van der Waals surface area contributed by atoms with Crippen molar-refractivity contribution in [1.29, 1.82) is 0 Å². The molecule has 156 valence electrons. The summed E-state index contributed by atoms with van der Waals surface area (Å²) >= 11 is 0. The normalized spacial score (nSPS) is 16.4. The van der Waals surface area contributed by atoms with Crippen LogP contribution >= 0.6 is 0 Å². The van der Waals surface area contributed by atoms with Crippen LogP contribution in [0.5, 0.6) is 0 Å². The number of halogens is 2. The smallest absolute Gasteiger partial charge is 0.282 e. The molecule has 1 saturated heterocycles. The van der Waals surface area contributed by atoms with Crippen molar-refractivity contribution in [2.24, 2.45) is 0 Å². The number of hydrogen-bond donors (Lipinski definition) is 1. The maximum Gasteiger partial charge on any atom is 0.282 e. The summed E-state index contributed by atoms with van der Waals surface area (Å²) in [4.78, 5) is 37.8. The second-order valence-corrected chi connectivity index (χ2v) is 7.25. The lowest BCUT2D eigenvalue weighted by molar-refractivity contribution is -0.131. The number of amides is 1. The standard InChI is InChI=1S/C20H20F2N6O2/c1-12-7-16(19(21)22)26-28(12)11-18(30)27-6-4-14(10-27)20-24-15(8-17(29)25-20)13-3-2-5-23-9-13/h2-3,5,7-9,14,19H,4,6,10-11H2,1H3,(H,24,25,29)/t14-/m1/s1. The molecule has 4 rings (SSSR count). The first-order valence-electron chi connectivity index (χ1n) is 9.52. The molecule has 1 aliphatic heterocycles. The van der Waals surface area contributed by atoms with Crippen LogP contribution < -0.4 is 5.56 Å². The number of H-pyrrole nitrogens is 1. The summed E-state index contributed by atoms with van der Waals surface area (Å²) in [5.41, 5.74) is 1.16. The first-order chi connectivity index (χ1) is 14.4. The highest BCUT2D eigenvalue weighted by atomic mass is 19.3. The molecule has 10 heteroatoms. The van der Waals surface area contributed by atoms with E-state index in [1.807, 2.05) is 6.07 Å². The van der Waals surface area contributed by atoms with Crippen LogP contribution in [0.25, 0.3) is 11.3 Å². The highest BCUT2D eigenvalue weighted by molar-refractivity contribution is 5.76. The molecule has 3 aromatic heterocycles. The molecule has 0 spiro atoms. The van der Waals surface area contributed by atoms with E-state index in [4.69, 9.17) is 0 Å². The molecule has 8 nitrogen and oxygen atoms in total. The quantitative estimate of drug-likeness (QED) is 0.691. The highest BCUT2D eigenvalue weighted by Gasteiger charge is 2.29. The lowest BCUT2D eigenvalue weighted by Crippen LogP contribution is -2.32. The molecule has 0 unspecified atom stereocenters. The van der Waals surface area contributed by atoms with Crippen molar-refractivity contribution in [3.05, 3.63) is 64.2 Å². The van der Waals surface area contributed by atoms with Gasteiger partial charge in [-0.25, -0.2) is 13.8 Å². The fourth-order valence-corrected chi connectivity index (χ4v) is 3.57. The van der Waals surface area contributed by atoms with Gasteiger partial charge in [0.2, 0.25) is 5.91 Å². The molecule has 0 aliphatic carbocycles. The number of carbonyl (C=O) groups excluding carboxylic acids is 1. The number of hydrogen-bond acceptors (Lipinski definition) is 5. The highest BCUT2D eigenvalue weighted by Crippen LogP contribution is 2.26. The average molecular weight is 414 g/mol. The molecule has 1 aliphatic rings. The van der Waals surface area contributed by atoms with Crippen LogP contribution in [0.3, 0.4) is 0 Å². The fourth-order valence-electron chi connectivity index (χ4n) is 3.57. The summed E-state index contributed by atoms with van der Waals surface area (Å²) < 4.78 is 26.9. The second kappa shape index (κ2) is 8.13. The van der Waals surface area contributed by atoms with E-state index >= 15 is 0 Å². The van der Waals surface area contributed by atoms with Crippen molar-refractivity contribution in [2.45, 2.75) is 32.2 Å². The van der Waals surface area contributed by atoms with Gasteiger partial charge in [0.05, 0.1) is 5.69 Å². The van der Waals surface area contributed by atoms with Gasteiger partial charge in [0.1, 0.15) is 18.1 Å². The number of nitrogens with zero attached hydrogens (tertiary/aromatic N) is 5. The summed E-state index contributed by atoms with van der Waals surface area (Å²) in [5.74, 6) is 0.191. The monoisotopic (exact) mass is 414 g/mol. The van der Waals surface area contributed by atoms with E-state index in [0.717, 1.165) is 5.56 Å². The Morgan fingerprint density at radius 3 is 2.90 bits per heavy atom. The van der Waals surface area contributed by atoms with Crippen molar-refractivity contribution < 1.29 is 13.6 Å². The van der Waals surface area contributed by atoms with Gasteiger partial charge >= 0.3 is 0 Å². The van der Waals surface area contributed by atoms with Gasteiger partial charge in [-0.2, -0.15) is 5.10 Å². The predicted octanol–water partition coefficient (Wildman–Crippen LogP) is 2.29. The number of alkyl halides is 2. The van der Waals surface area contributed by atoms with Gasteiger partial charge in [0.25, 0.3) is 12.0 Å². The van der Waals surface area contributed by atoms with Gasteiger partial charge in [0, 0.05) is 48.7 Å². The average Bonchev–Trinajstić information content (AvgIpc) is 3.36. The van der Waals surface area contributed by atoms with E-state index in [9.17, 15) is 18.4 Å². The lowest BCUT2D eigenvalue weighted by Gasteiger charge is -2.17. The largest absolute Gasteiger partial charge is 0.340 e. The molecule has 0 radical (unpaired) electrons. The van der Waals surface area contributed by atoms with Gasteiger partial charge in [-0.15, -0.1) is 0 Å². The van der Waals surface area contributed by atoms with Crippen LogP contribution in [0.1, 0.15) is 36.0 Å². The number of aromatic amines is 1. The number of likely N-dealkylation sites (tertiary alicyclic amines) is 1. The van der Waals surface area contributed by atoms with Crippen molar-refractivity contribution in [2.75, 3.05) is 13.1 Å². The molecule has 1 atom stereocenters. The number of aromatic nitrogens is 5. The van der Waals surface area contributed by atoms with E-state index in [1.165, 1.54) is 16.8 Å². The zero-order valence-corrected chi connectivity index (χ0v) is 16.3. The summed E-state index contributed by atoms with van der Waals surface area (Å²) in [7, 11) is 0. The minimum absolute atomic E-state index is 0.106. The van der Waals surface area contributed by atoms with Gasteiger partial charge in [0.15, 0.2) is 0 Å². The Kier molecular flexibility index (Phi) is 5.39. The molecule has 0 aromatic carbocycles. The fraction of sp³-hybridized carbons (Fsp3) is 0.350. The molecular weight excluding hydrogens is 394 g/mol. The number of pyridine rings is 1. The molecule has 0 saturated carbocycles. The molecule has 30 heavy (non-hydrogen) atoms. The van der Waals surface area contributed by atoms with Crippen LogP contribution in [-0.2, 0) is 11.3 Å². The molecule has 1 N–H and O–H groups in total. The van der Waals surface area contributed by atoms with E-state index in [-0.39, 0.29) is 29.6 Å². The Hall–Kier alpha value is -3.43. The van der Waals surface area contributed by atoms with E-state index in [1.54, 1.807) is 30.3 Å². The zero-order chi connectivity index (χ0) is 21.3. The minimum atomic E-state index is -2.67. The minimum Gasteiger partial charge on any atom is -0.340 e. The van der Waals surface area contributed by atoms with Crippen LogP contribution in [-0.4, -0.2) is 48.6 Å². The van der Waals surface area contributed by atoms with E-state index in [0.29, 0.717) is 36.7 Å². The Labute approximate surface area is 170 Å². The number of carbonyl (C=O) groups is 1. The summed E-state index contributed by atoms with van der Waals surface area (Å²) in [6, 6.07) is 6.29. The Balaban J connectivity index is 1.47. The van der Waals surface area contributed by atoms with Crippen molar-refractivity contribution in [3.63, 3.8) is 0 Å². The van der Waals surface area contributed by atoms with Crippen LogP contribution in [0.15, 0.2) is 41.5 Å². The van der Waals surface area contributed by atoms with Crippen molar-refractivity contribution >= 4 is 5.91 Å². The molecule has 4 heterocycles. The van der Waals surface area contributed by atoms with E-state index in [2.05, 4.69) is 20.1 Å². The van der Waals surface area contributed by atoms with Gasteiger partial charge in [-0.05, 0) is 31.5 Å².